The largest absolute Gasteiger partial charge is 0.372 e. The van der Waals surface area contributed by atoms with Crippen molar-refractivity contribution in [2.45, 2.75) is 72.3 Å². The fraction of sp³-hybridized carbons (Fsp3) is 0.441. The molecule has 0 saturated carbocycles. The van der Waals surface area contributed by atoms with E-state index in [1.807, 2.05) is 0 Å². The van der Waals surface area contributed by atoms with Crippen LogP contribution >= 0.6 is 0 Å². The second kappa shape index (κ2) is 17.4. The molecule has 4 nitrogen and oxygen atoms in total. The Hall–Kier alpha value is -3.11. The Balaban J connectivity index is 0.000000284. The Labute approximate surface area is 231 Å². The maximum Gasteiger partial charge on any atom is 0.204 e. The van der Waals surface area contributed by atoms with Crippen molar-refractivity contribution in [1.82, 2.24) is 4.90 Å². The van der Waals surface area contributed by atoms with Gasteiger partial charge in [-0.2, -0.15) is 0 Å². The van der Waals surface area contributed by atoms with Crippen LogP contribution < -0.4 is 10.6 Å². The van der Waals surface area contributed by atoms with Crippen molar-refractivity contribution in [3.8, 4) is 0 Å². The number of carbonyl (C=O) groups excluding carboxylic acids is 1. The van der Waals surface area contributed by atoms with Gasteiger partial charge in [0.25, 0.3) is 0 Å². The smallest absolute Gasteiger partial charge is 0.204 e. The van der Waals surface area contributed by atoms with Crippen molar-refractivity contribution in [1.29, 1.82) is 0 Å². The molecule has 2 N–H and O–H groups in total. The first kappa shape index (κ1) is 31.1. The average molecular weight is 516 g/mol. The van der Waals surface area contributed by atoms with E-state index >= 15 is 0 Å². The summed E-state index contributed by atoms with van der Waals surface area (Å²) >= 11 is 0. The van der Waals surface area contributed by atoms with E-state index in [2.05, 4.69) is 110 Å². The molecule has 0 radical (unpaired) electrons. The van der Waals surface area contributed by atoms with E-state index in [1.54, 1.807) is 0 Å². The van der Waals surface area contributed by atoms with Crippen molar-refractivity contribution < 1.29 is 4.79 Å². The number of hydrogen-bond donors (Lipinski definition) is 1. The number of anilines is 1. The molecule has 1 amide bonds. The molecule has 38 heavy (non-hydrogen) atoms. The summed E-state index contributed by atoms with van der Waals surface area (Å²) in [7, 11) is 0. The van der Waals surface area contributed by atoms with E-state index < -0.39 is 0 Å². The fourth-order valence-corrected chi connectivity index (χ4v) is 4.86. The molecule has 2 aromatic carbocycles. The number of nitrogens with zero attached hydrogens (tertiary/aromatic N) is 2. The molecule has 0 aliphatic carbocycles. The summed E-state index contributed by atoms with van der Waals surface area (Å²) in [5, 5.41) is 0. The van der Waals surface area contributed by atoms with Crippen LogP contribution in [0.2, 0.25) is 0 Å². The predicted molar refractivity (Wildman–Crippen MR) is 164 cm³/mol. The first-order chi connectivity index (χ1) is 18.4. The minimum absolute atomic E-state index is 0.250. The molecule has 0 spiro atoms. The third-order valence-electron chi connectivity index (χ3n) is 7.00. The molecule has 1 unspecified atom stereocenters. The molecule has 0 aromatic heterocycles. The maximum atomic E-state index is 8.58. The molecule has 2 aromatic rings. The van der Waals surface area contributed by atoms with Crippen LogP contribution in [-0.2, 0) is 17.8 Å². The van der Waals surface area contributed by atoms with Gasteiger partial charge in [-0.1, -0.05) is 79.6 Å². The van der Waals surface area contributed by atoms with Crippen LogP contribution in [0.1, 0.15) is 69.1 Å². The van der Waals surface area contributed by atoms with E-state index in [9.17, 15) is 0 Å². The monoisotopic (exact) mass is 515 g/mol. The Morgan fingerprint density at radius 1 is 1.03 bits per heavy atom. The van der Waals surface area contributed by atoms with Gasteiger partial charge in [0, 0.05) is 30.4 Å². The zero-order chi connectivity index (χ0) is 27.8. The molecule has 2 fully saturated rings. The number of amides is 1. The number of primary amides is 1. The van der Waals surface area contributed by atoms with E-state index in [-0.39, 0.29) is 6.41 Å². The molecule has 4 heteroatoms. The lowest BCUT2D eigenvalue weighted by atomic mass is 10.1. The minimum Gasteiger partial charge on any atom is -0.372 e. The molecular formula is C34H49N3O. The van der Waals surface area contributed by atoms with Gasteiger partial charge in [0.05, 0.1) is 0 Å². The van der Waals surface area contributed by atoms with Gasteiger partial charge in [-0.3, -0.25) is 9.69 Å². The summed E-state index contributed by atoms with van der Waals surface area (Å²) in [6.45, 7) is 19.2. The highest BCUT2D eigenvalue weighted by Crippen LogP contribution is 2.32. The second-order valence-electron chi connectivity index (χ2n) is 10.6. The quantitative estimate of drug-likeness (QED) is 0.291. The van der Waals surface area contributed by atoms with Gasteiger partial charge in [0.1, 0.15) is 0 Å². The molecule has 0 bridgehead atoms. The molecule has 206 valence electrons. The van der Waals surface area contributed by atoms with Gasteiger partial charge >= 0.3 is 0 Å². The summed E-state index contributed by atoms with van der Waals surface area (Å²) in [6.07, 6.45) is 13.4. The molecule has 2 aliphatic heterocycles. The highest BCUT2D eigenvalue weighted by molar-refractivity contribution is 5.54. The average Bonchev–Trinajstić information content (AvgIpc) is 3.29. The number of allylic oxidation sites excluding steroid dienone is 3. The molecule has 4 rings (SSSR count). The highest BCUT2D eigenvalue weighted by Gasteiger charge is 2.24. The first-order valence-electron chi connectivity index (χ1n) is 14.1. The molecular weight excluding hydrogens is 466 g/mol. The minimum atomic E-state index is 0.250. The lowest BCUT2D eigenvalue weighted by Gasteiger charge is -2.26. The van der Waals surface area contributed by atoms with Crippen molar-refractivity contribution in [2.75, 3.05) is 24.5 Å². The van der Waals surface area contributed by atoms with E-state index in [1.165, 1.54) is 66.0 Å². The Kier molecular flexibility index (Phi) is 14.3. The number of nitrogens with two attached hydrogens (primary N) is 1. The molecule has 2 saturated heterocycles. The van der Waals surface area contributed by atoms with Gasteiger partial charge < -0.3 is 10.6 Å². The zero-order valence-corrected chi connectivity index (χ0v) is 24.0. The SMILES string of the molecule is C=C(C)CCc1ccc(C)cc1.C=C1CC(/C=C\CC)CN1c1ccc(CN2CCCCC2)cc1.NC=O. The third kappa shape index (κ3) is 11.5. The van der Waals surface area contributed by atoms with Crippen LogP contribution in [0, 0.1) is 12.8 Å². The van der Waals surface area contributed by atoms with Gasteiger partial charge in [0.2, 0.25) is 6.41 Å². The van der Waals surface area contributed by atoms with Crippen LogP contribution in [0.15, 0.2) is 85.1 Å². The Bertz CT molecular complexity index is 1000. The summed E-state index contributed by atoms with van der Waals surface area (Å²) in [4.78, 5) is 13.5. The standard InChI is InChI=1S/C21H30N2.C12H16.CH3NO/c1-3-4-8-20-15-18(2)23(17-20)21-11-9-19(10-12-21)16-22-13-6-5-7-14-22;1-10(2)4-7-12-8-5-11(3)6-9-12;2-1-3/h4,8-12,20H,2-3,5-7,13-17H2,1H3;5-6,8-9H,1,4,7H2,2-3H3;1H,(H2,2,3)/b8-4-;;. The lowest BCUT2D eigenvalue weighted by Crippen LogP contribution is -2.29. The number of likely N-dealkylation sites (tertiary alicyclic amines) is 1. The molecule has 2 heterocycles. The predicted octanol–water partition coefficient (Wildman–Crippen LogP) is 7.58. The Morgan fingerprint density at radius 2 is 1.63 bits per heavy atom. The summed E-state index contributed by atoms with van der Waals surface area (Å²) < 4.78 is 0. The van der Waals surface area contributed by atoms with Crippen molar-refractivity contribution >= 4 is 12.1 Å². The van der Waals surface area contributed by atoms with Crippen molar-refractivity contribution in [3.63, 3.8) is 0 Å². The number of hydrogen-bond acceptors (Lipinski definition) is 3. The van der Waals surface area contributed by atoms with E-state index in [4.69, 9.17) is 4.79 Å². The van der Waals surface area contributed by atoms with Gasteiger partial charge in [-0.15, -0.1) is 6.58 Å². The van der Waals surface area contributed by atoms with Crippen LogP contribution in [0.4, 0.5) is 5.69 Å². The highest BCUT2D eigenvalue weighted by atomic mass is 16.1. The van der Waals surface area contributed by atoms with E-state index in [0.29, 0.717) is 5.92 Å². The lowest BCUT2D eigenvalue weighted by molar-refractivity contribution is -0.106. The first-order valence-corrected chi connectivity index (χ1v) is 14.1. The number of rotatable bonds is 8. The summed E-state index contributed by atoms with van der Waals surface area (Å²) in [5.74, 6) is 0.621. The van der Waals surface area contributed by atoms with Gasteiger partial charge in [-0.25, -0.2) is 0 Å². The van der Waals surface area contributed by atoms with Gasteiger partial charge in [0.15, 0.2) is 0 Å². The third-order valence-corrected chi connectivity index (χ3v) is 7.00. The van der Waals surface area contributed by atoms with Crippen molar-refractivity contribution in [3.05, 3.63) is 102 Å². The van der Waals surface area contributed by atoms with Crippen molar-refractivity contribution in [2.24, 2.45) is 11.7 Å². The summed E-state index contributed by atoms with van der Waals surface area (Å²) in [5.41, 5.74) is 12.1. The number of carbonyl (C=O) groups is 1. The number of aryl methyl sites for hydroxylation is 2. The Morgan fingerprint density at radius 3 is 2.21 bits per heavy atom. The van der Waals surface area contributed by atoms with Crippen LogP contribution in [0.5, 0.6) is 0 Å². The fourth-order valence-electron chi connectivity index (χ4n) is 4.86. The number of benzene rings is 2. The zero-order valence-electron chi connectivity index (χ0n) is 24.0. The maximum absolute atomic E-state index is 8.58. The van der Waals surface area contributed by atoms with E-state index in [0.717, 1.165) is 38.8 Å². The van der Waals surface area contributed by atoms with Crippen LogP contribution in [0.25, 0.3) is 0 Å². The normalized spacial score (nSPS) is 17.4. The molecule has 1 atom stereocenters. The van der Waals surface area contributed by atoms with Gasteiger partial charge in [-0.05, 0) is 88.7 Å². The summed E-state index contributed by atoms with van der Waals surface area (Å²) in [6, 6.07) is 17.9. The molecule has 2 aliphatic rings. The van der Waals surface area contributed by atoms with Crippen LogP contribution in [-0.4, -0.2) is 30.9 Å². The van der Waals surface area contributed by atoms with Crippen LogP contribution in [0.3, 0.4) is 0 Å². The topological polar surface area (TPSA) is 49.6 Å². The second-order valence-corrected chi connectivity index (χ2v) is 10.6. The number of piperidine rings is 1.